The summed E-state index contributed by atoms with van der Waals surface area (Å²) in [6.07, 6.45) is -4.06. The highest BCUT2D eigenvalue weighted by atomic mass is 32.2. The number of halogens is 3. The van der Waals surface area contributed by atoms with E-state index in [1.165, 1.54) is 12.1 Å². The second-order valence-electron chi connectivity index (χ2n) is 5.85. The van der Waals surface area contributed by atoms with Crippen molar-refractivity contribution in [3.63, 3.8) is 0 Å². The minimum Gasteiger partial charge on any atom is -0.484 e. The van der Waals surface area contributed by atoms with Gasteiger partial charge in [0.1, 0.15) is 18.5 Å². The fourth-order valence-corrected chi connectivity index (χ4v) is 3.06. The van der Waals surface area contributed by atoms with Crippen molar-refractivity contribution in [1.82, 2.24) is 0 Å². The average molecular weight is 387 g/mol. The number of fused-ring (bicyclic) bond motifs is 1. The van der Waals surface area contributed by atoms with Gasteiger partial charge in [-0.25, -0.2) is 0 Å². The smallest absolute Gasteiger partial charge is 0.416 e. The Hall–Kier alpha value is -2.26. The maximum absolute atomic E-state index is 12.8. The number of para-hydroxylation sites is 2. The molecule has 0 radical (unpaired) electrons. The topological polar surface area (TPSA) is 55.8 Å². The second-order valence-corrected chi connectivity index (χ2v) is 7.50. The lowest BCUT2D eigenvalue weighted by atomic mass is 10.1. The molecule has 2 aromatic rings. The Balaban J connectivity index is 1.89. The van der Waals surface area contributed by atoms with E-state index in [0.29, 0.717) is 17.1 Å². The van der Waals surface area contributed by atoms with Crippen LogP contribution in [0.2, 0.25) is 0 Å². The Morgan fingerprint density at radius 2 is 1.81 bits per heavy atom. The minimum atomic E-state index is -4.41. The van der Waals surface area contributed by atoms with Crippen molar-refractivity contribution in [2.45, 2.75) is 12.3 Å². The van der Waals surface area contributed by atoms with Crippen LogP contribution in [0.3, 0.4) is 0 Å². The molecule has 2 aromatic carbocycles. The first-order valence-electron chi connectivity index (χ1n) is 7.68. The van der Waals surface area contributed by atoms with Crippen molar-refractivity contribution in [2.24, 2.45) is 0 Å². The molecular formula is C17H16F3NO4S. The monoisotopic (exact) mass is 387 g/mol. The molecule has 0 fully saturated rings. The molecule has 0 spiro atoms. The van der Waals surface area contributed by atoms with E-state index < -0.39 is 28.0 Å². The zero-order valence-corrected chi connectivity index (χ0v) is 14.5. The summed E-state index contributed by atoms with van der Waals surface area (Å²) in [5.74, 6) is 0.501. The quantitative estimate of drug-likeness (QED) is 0.751. The SMILES string of the molecule is CS(=O)(=O)OCC1CN(c2ccc(C(F)(F)F)cc2)c2ccccc2O1. The Bertz CT molecular complexity index is 882. The summed E-state index contributed by atoms with van der Waals surface area (Å²) < 4.78 is 71.3. The summed E-state index contributed by atoms with van der Waals surface area (Å²) in [6.45, 7) is 0.0438. The van der Waals surface area contributed by atoms with Gasteiger partial charge in [0, 0.05) is 5.69 Å². The molecule has 1 unspecified atom stereocenters. The summed E-state index contributed by atoms with van der Waals surface area (Å²) in [7, 11) is -3.63. The molecular weight excluding hydrogens is 371 g/mol. The molecule has 1 aliphatic heterocycles. The average Bonchev–Trinajstić information content (AvgIpc) is 2.58. The zero-order valence-electron chi connectivity index (χ0n) is 13.7. The van der Waals surface area contributed by atoms with E-state index >= 15 is 0 Å². The highest BCUT2D eigenvalue weighted by Gasteiger charge is 2.31. The van der Waals surface area contributed by atoms with Crippen molar-refractivity contribution < 1.29 is 30.5 Å². The van der Waals surface area contributed by atoms with Crippen LogP contribution in [0.4, 0.5) is 24.5 Å². The number of alkyl halides is 3. The molecule has 0 saturated carbocycles. The van der Waals surface area contributed by atoms with Crippen LogP contribution in [-0.2, 0) is 20.5 Å². The zero-order chi connectivity index (χ0) is 18.9. The van der Waals surface area contributed by atoms with Crippen LogP contribution in [0.15, 0.2) is 48.5 Å². The van der Waals surface area contributed by atoms with E-state index in [4.69, 9.17) is 8.92 Å². The molecule has 26 heavy (non-hydrogen) atoms. The van der Waals surface area contributed by atoms with Crippen molar-refractivity contribution in [1.29, 1.82) is 0 Å². The standard InChI is InChI=1S/C17H16F3NO4S/c1-26(22,23)24-11-14-10-21(15-4-2-3-5-16(15)25-14)13-8-6-12(7-9-13)17(18,19)20/h2-9,14H,10-11H2,1H3. The van der Waals surface area contributed by atoms with Gasteiger partial charge in [-0.3, -0.25) is 4.18 Å². The molecule has 9 heteroatoms. The number of benzene rings is 2. The van der Waals surface area contributed by atoms with Gasteiger partial charge < -0.3 is 9.64 Å². The predicted molar refractivity (Wildman–Crippen MR) is 90.1 cm³/mol. The number of hydrogen-bond acceptors (Lipinski definition) is 5. The van der Waals surface area contributed by atoms with Gasteiger partial charge in [-0.1, -0.05) is 12.1 Å². The first kappa shape index (κ1) is 18.5. The van der Waals surface area contributed by atoms with Gasteiger partial charge in [-0.15, -0.1) is 0 Å². The largest absolute Gasteiger partial charge is 0.484 e. The maximum Gasteiger partial charge on any atom is 0.416 e. The van der Waals surface area contributed by atoms with Crippen LogP contribution in [-0.4, -0.2) is 33.9 Å². The van der Waals surface area contributed by atoms with E-state index in [0.717, 1.165) is 18.4 Å². The van der Waals surface area contributed by atoms with Crippen molar-refractivity contribution in [3.05, 3.63) is 54.1 Å². The van der Waals surface area contributed by atoms with Crippen LogP contribution in [0.25, 0.3) is 0 Å². The highest BCUT2D eigenvalue weighted by Crippen LogP contribution is 2.39. The second kappa shape index (κ2) is 6.81. The third kappa shape index (κ3) is 4.28. The summed E-state index contributed by atoms with van der Waals surface area (Å²) in [5.41, 5.74) is 0.487. The van der Waals surface area contributed by atoms with Gasteiger partial charge >= 0.3 is 6.18 Å². The Labute approximate surface area is 149 Å². The third-order valence-electron chi connectivity index (χ3n) is 3.81. The Kier molecular flexibility index (Phi) is 4.85. The third-order valence-corrected chi connectivity index (χ3v) is 4.37. The molecule has 0 amide bonds. The van der Waals surface area contributed by atoms with E-state index in [1.807, 2.05) is 0 Å². The molecule has 0 bridgehead atoms. The van der Waals surface area contributed by atoms with Crippen molar-refractivity contribution >= 4 is 21.5 Å². The Morgan fingerprint density at radius 1 is 1.15 bits per heavy atom. The molecule has 0 aromatic heterocycles. The van der Waals surface area contributed by atoms with E-state index in [-0.39, 0.29) is 13.2 Å². The van der Waals surface area contributed by atoms with Crippen LogP contribution in [0, 0.1) is 0 Å². The maximum atomic E-state index is 12.8. The lowest BCUT2D eigenvalue weighted by Crippen LogP contribution is -2.40. The van der Waals surface area contributed by atoms with Crippen molar-refractivity contribution in [3.8, 4) is 5.75 Å². The lowest BCUT2D eigenvalue weighted by Gasteiger charge is -2.36. The van der Waals surface area contributed by atoms with E-state index in [9.17, 15) is 21.6 Å². The van der Waals surface area contributed by atoms with Gasteiger partial charge in [0.05, 0.1) is 24.1 Å². The van der Waals surface area contributed by atoms with Crippen LogP contribution in [0.1, 0.15) is 5.56 Å². The van der Waals surface area contributed by atoms with E-state index in [2.05, 4.69) is 0 Å². The van der Waals surface area contributed by atoms with Gasteiger partial charge in [0.25, 0.3) is 10.1 Å². The Morgan fingerprint density at radius 3 is 2.42 bits per heavy atom. The molecule has 0 aliphatic carbocycles. The lowest BCUT2D eigenvalue weighted by molar-refractivity contribution is -0.137. The first-order valence-corrected chi connectivity index (χ1v) is 9.50. The summed E-state index contributed by atoms with van der Waals surface area (Å²) in [4.78, 5) is 1.77. The number of anilines is 2. The summed E-state index contributed by atoms with van der Waals surface area (Å²) in [6, 6.07) is 11.8. The molecule has 1 atom stereocenters. The number of hydrogen-bond donors (Lipinski definition) is 0. The van der Waals surface area contributed by atoms with Gasteiger partial charge in [0.2, 0.25) is 0 Å². The fourth-order valence-electron chi connectivity index (χ4n) is 2.66. The number of nitrogens with zero attached hydrogens (tertiary/aromatic N) is 1. The molecule has 5 nitrogen and oxygen atoms in total. The molecule has 3 rings (SSSR count). The van der Waals surface area contributed by atoms with Gasteiger partial charge in [-0.05, 0) is 36.4 Å². The van der Waals surface area contributed by atoms with Crippen LogP contribution < -0.4 is 9.64 Å². The summed E-state index contributed by atoms with van der Waals surface area (Å²) >= 11 is 0. The van der Waals surface area contributed by atoms with Crippen LogP contribution in [0.5, 0.6) is 5.75 Å². The molecule has 1 aliphatic rings. The minimum absolute atomic E-state index is 0.190. The van der Waals surface area contributed by atoms with Gasteiger partial charge in [0.15, 0.2) is 0 Å². The molecule has 0 N–H and O–H groups in total. The van der Waals surface area contributed by atoms with Crippen molar-refractivity contribution in [2.75, 3.05) is 24.3 Å². The van der Waals surface area contributed by atoms with E-state index in [1.54, 1.807) is 29.2 Å². The molecule has 140 valence electrons. The molecule has 1 heterocycles. The molecule has 0 saturated heterocycles. The normalized spacial score (nSPS) is 17.5. The van der Waals surface area contributed by atoms with Gasteiger partial charge in [-0.2, -0.15) is 21.6 Å². The van der Waals surface area contributed by atoms with Crippen LogP contribution >= 0.6 is 0 Å². The highest BCUT2D eigenvalue weighted by molar-refractivity contribution is 7.85. The number of rotatable bonds is 4. The predicted octanol–water partition coefficient (Wildman–Crippen LogP) is 3.58. The fraction of sp³-hybridized carbons (Fsp3) is 0.294. The first-order chi connectivity index (χ1) is 12.1. The number of ether oxygens (including phenoxy) is 1. The summed E-state index contributed by atoms with van der Waals surface area (Å²) in [5, 5.41) is 0.